The van der Waals surface area contributed by atoms with Gasteiger partial charge in [0, 0.05) is 48.4 Å². The third kappa shape index (κ3) is 4.61. The Kier molecular flexibility index (Phi) is 6.12. The molecule has 7 heteroatoms. The van der Waals surface area contributed by atoms with E-state index in [1.807, 2.05) is 41.1 Å². The van der Waals surface area contributed by atoms with Crippen molar-refractivity contribution in [2.45, 2.75) is 30.2 Å². The summed E-state index contributed by atoms with van der Waals surface area (Å²) in [5, 5.41) is 3.72. The highest BCUT2D eigenvalue weighted by Gasteiger charge is 2.37. The first kappa shape index (κ1) is 18.4. The van der Waals surface area contributed by atoms with Crippen molar-refractivity contribution < 1.29 is 9.59 Å². The number of thioether (sulfide) groups is 1. The summed E-state index contributed by atoms with van der Waals surface area (Å²) < 4.78 is 0. The molecule has 0 aromatic heterocycles. The number of hydrogen-bond donors (Lipinski definition) is 1. The van der Waals surface area contributed by atoms with Gasteiger partial charge in [-0.25, -0.2) is 4.79 Å². The lowest BCUT2D eigenvalue weighted by atomic mass is 9.99. The molecule has 2 unspecified atom stereocenters. The topological polar surface area (TPSA) is 52.7 Å². The van der Waals surface area contributed by atoms with Crippen LogP contribution >= 0.6 is 23.4 Å². The summed E-state index contributed by atoms with van der Waals surface area (Å²) in [5.74, 6) is 0.940. The fourth-order valence-corrected chi connectivity index (χ4v) is 4.39. The molecule has 2 atom stereocenters. The van der Waals surface area contributed by atoms with Crippen molar-refractivity contribution in [2.75, 3.05) is 32.4 Å². The SMILES string of the molecule is CN1C(=O)C2CCCC1CN(C(=O)NCCSc1ccc(Cl)cc1)C2. The Labute approximate surface area is 158 Å². The second-order valence-corrected chi connectivity index (χ2v) is 8.27. The number of amides is 3. The quantitative estimate of drug-likeness (QED) is 0.644. The van der Waals surface area contributed by atoms with E-state index in [0.717, 1.165) is 34.9 Å². The van der Waals surface area contributed by atoms with Gasteiger partial charge in [0.05, 0.1) is 5.92 Å². The Morgan fingerprint density at radius 2 is 2.04 bits per heavy atom. The first-order valence-electron chi connectivity index (χ1n) is 8.72. The van der Waals surface area contributed by atoms with Gasteiger partial charge in [-0.1, -0.05) is 18.0 Å². The van der Waals surface area contributed by atoms with Gasteiger partial charge in [-0.2, -0.15) is 0 Å². The normalized spacial score (nSPS) is 23.4. The number of benzene rings is 1. The second-order valence-electron chi connectivity index (χ2n) is 6.67. The molecule has 1 aromatic carbocycles. The van der Waals surface area contributed by atoms with E-state index >= 15 is 0 Å². The van der Waals surface area contributed by atoms with Crippen LogP contribution in [-0.2, 0) is 4.79 Å². The highest BCUT2D eigenvalue weighted by Crippen LogP contribution is 2.26. The Bertz CT molecular complexity index is 625. The molecule has 0 radical (unpaired) electrons. The molecule has 0 saturated carbocycles. The van der Waals surface area contributed by atoms with Crippen molar-refractivity contribution in [3.05, 3.63) is 29.3 Å². The number of nitrogens with zero attached hydrogens (tertiary/aromatic N) is 2. The van der Waals surface area contributed by atoms with Crippen molar-refractivity contribution >= 4 is 35.3 Å². The summed E-state index contributed by atoms with van der Waals surface area (Å²) >= 11 is 7.56. The molecular formula is C18H24ClN3O2S. The van der Waals surface area contributed by atoms with Gasteiger partial charge < -0.3 is 15.1 Å². The van der Waals surface area contributed by atoms with Crippen LogP contribution in [-0.4, -0.2) is 60.2 Å². The zero-order chi connectivity index (χ0) is 17.8. The van der Waals surface area contributed by atoms with E-state index in [1.165, 1.54) is 0 Å². The average molecular weight is 382 g/mol. The molecule has 2 aliphatic heterocycles. The number of likely N-dealkylation sites (N-methyl/N-ethyl adjacent to an activating group) is 1. The average Bonchev–Trinajstić information content (AvgIpc) is 2.78. The van der Waals surface area contributed by atoms with Gasteiger partial charge in [-0.3, -0.25) is 4.79 Å². The lowest BCUT2D eigenvalue weighted by Gasteiger charge is -2.29. The highest BCUT2D eigenvalue weighted by molar-refractivity contribution is 7.99. The van der Waals surface area contributed by atoms with Crippen LogP contribution in [0.3, 0.4) is 0 Å². The van der Waals surface area contributed by atoms with Crippen molar-refractivity contribution in [3.63, 3.8) is 0 Å². The first-order valence-corrected chi connectivity index (χ1v) is 10.1. The van der Waals surface area contributed by atoms with E-state index < -0.39 is 0 Å². The Morgan fingerprint density at radius 3 is 2.80 bits per heavy atom. The first-order chi connectivity index (χ1) is 12.0. The predicted molar refractivity (Wildman–Crippen MR) is 101 cm³/mol. The monoisotopic (exact) mass is 381 g/mol. The molecule has 2 fully saturated rings. The smallest absolute Gasteiger partial charge is 0.317 e. The summed E-state index contributed by atoms with van der Waals surface area (Å²) in [4.78, 5) is 29.7. The number of rotatable bonds is 4. The fraction of sp³-hybridized carbons (Fsp3) is 0.556. The lowest BCUT2D eigenvalue weighted by molar-refractivity contribution is -0.134. The van der Waals surface area contributed by atoms with Gasteiger partial charge in [0.15, 0.2) is 0 Å². The van der Waals surface area contributed by atoms with Crippen molar-refractivity contribution in [1.82, 2.24) is 15.1 Å². The van der Waals surface area contributed by atoms with E-state index in [0.29, 0.717) is 19.6 Å². The summed E-state index contributed by atoms with van der Waals surface area (Å²) in [6.45, 7) is 1.77. The summed E-state index contributed by atoms with van der Waals surface area (Å²) in [5.41, 5.74) is 0. The van der Waals surface area contributed by atoms with E-state index in [4.69, 9.17) is 11.6 Å². The number of nitrogens with one attached hydrogen (secondary N) is 1. The number of halogens is 1. The molecule has 2 aliphatic rings. The van der Waals surface area contributed by atoms with Crippen molar-refractivity contribution in [2.24, 2.45) is 5.92 Å². The standard InChI is InChI=1S/C18H24ClN3O2S/c1-21-15-4-2-3-13(17(21)23)11-22(12-15)18(24)20-9-10-25-16-7-5-14(19)6-8-16/h5-8,13,15H,2-4,9-12H2,1H3,(H,20,24). The maximum absolute atomic E-state index is 12.5. The van der Waals surface area contributed by atoms with Gasteiger partial charge in [0.1, 0.15) is 0 Å². The van der Waals surface area contributed by atoms with Crippen LogP contribution in [0.2, 0.25) is 5.02 Å². The predicted octanol–water partition coefficient (Wildman–Crippen LogP) is 3.08. The summed E-state index contributed by atoms with van der Waals surface area (Å²) in [6, 6.07) is 7.78. The Morgan fingerprint density at radius 1 is 1.28 bits per heavy atom. The van der Waals surface area contributed by atoms with Crippen molar-refractivity contribution in [3.8, 4) is 0 Å². The molecule has 0 aliphatic carbocycles. The molecule has 1 N–H and O–H groups in total. The molecule has 136 valence electrons. The van der Waals surface area contributed by atoms with Gasteiger partial charge >= 0.3 is 6.03 Å². The zero-order valence-electron chi connectivity index (χ0n) is 14.4. The van der Waals surface area contributed by atoms with Crippen LogP contribution in [0.1, 0.15) is 19.3 Å². The summed E-state index contributed by atoms with van der Waals surface area (Å²) in [7, 11) is 1.87. The van der Waals surface area contributed by atoms with Crippen LogP contribution in [0.4, 0.5) is 4.79 Å². The number of urea groups is 1. The molecular weight excluding hydrogens is 358 g/mol. The lowest BCUT2D eigenvalue weighted by Crippen LogP contribution is -2.47. The number of carbonyl (C=O) groups is 2. The van der Waals surface area contributed by atoms with Crippen molar-refractivity contribution in [1.29, 1.82) is 0 Å². The molecule has 2 saturated heterocycles. The Balaban J connectivity index is 1.48. The van der Waals surface area contributed by atoms with E-state index in [-0.39, 0.29) is 23.9 Å². The van der Waals surface area contributed by atoms with Gasteiger partial charge in [0.2, 0.25) is 5.91 Å². The van der Waals surface area contributed by atoms with Gasteiger partial charge in [-0.15, -0.1) is 11.8 Å². The van der Waals surface area contributed by atoms with E-state index in [2.05, 4.69) is 5.32 Å². The van der Waals surface area contributed by atoms with Crippen LogP contribution in [0.5, 0.6) is 0 Å². The molecule has 5 nitrogen and oxygen atoms in total. The van der Waals surface area contributed by atoms with Crippen LogP contribution in [0, 0.1) is 5.92 Å². The third-order valence-corrected chi connectivity index (χ3v) is 6.22. The van der Waals surface area contributed by atoms with E-state index in [1.54, 1.807) is 11.8 Å². The number of hydrogen-bond acceptors (Lipinski definition) is 3. The molecule has 2 heterocycles. The summed E-state index contributed by atoms with van der Waals surface area (Å²) in [6.07, 6.45) is 2.93. The Hall–Kier alpha value is -1.40. The van der Waals surface area contributed by atoms with E-state index in [9.17, 15) is 9.59 Å². The van der Waals surface area contributed by atoms with Crippen LogP contribution in [0.25, 0.3) is 0 Å². The molecule has 2 bridgehead atoms. The van der Waals surface area contributed by atoms with Gasteiger partial charge in [-0.05, 0) is 37.1 Å². The minimum absolute atomic E-state index is 0.0494. The molecule has 25 heavy (non-hydrogen) atoms. The molecule has 1 aromatic rings. The zero-order valence-corrected chi connectivity index (χ0v) is 16.0. The highest BCUT2D eigenvalue weighted by atomic mass is 35.5. The minimum Gasteiger partial charge on any atom is -0.341 e. The maximum Gasteiger partial charge on any atom is 0.317 e. The van der Waals surface area contributed by atoms with Crippen LogP contribution in [0.15, 0.2) is 29.2 Å². The fourth-order valence-electron chi connectivity index (χ4n) is 3.50. The largest absolute Gasteiger partial charge is 0.341 e. The second kappa shape index (κ2) is 8.32. The minimum atomic E-state index is -0.0586. The maximum atomic E-state index is 12.5. The van der Waals surface area contributed by atoms with Crippen LogP contribution < -0.4 is 5.32 Å². The number of carbonyl (C=O) groups excluding carboxylic acids is 2. The third-order valence-electron chi connectivity index (χ3n) is 4.95. The molecule has 3 rings (SSSR count). The van der Waals surface area contributed by atoms with Gasteiger partial charge in [0.25, 0.3) is 0 Å². The number of likely N-dealkylation sites (tertiary alicyclic amines) is 1. The molecule has 0 spiro atoms. The molecule has 3 amide bonds. The number of fused-ring (bicyclic) bond motifs is 3.